The van der Waals surface area contributed by atoms with Crippen LogP contribution in [0.3, 0.4) is 0 Å². The zero-order valence-corrected chi connectivity index (χ0v) is 19.7. The number of ether oxygens (including phenoxy) is 3. The van der Waals surface area contributed by atoms with Crippen molar-refractivity contribution in [3.05, 3.63) is 81.3 Å². The molecule has 2 N–H and O–H groups in total. The summed E-state index contributed by atoms with van der Waals surface area (Å²) in [7, 11) is 4.29. The Kier molecular flexibility index (Phi) is 7.83. The average Bonchev–Trinajstić information content (AvgIpc) is 2.83. The first kappa shape index (κ1) is 24.7. The molecule has 2 aromatic carbocycles. The van der Waals surface area contributed by atoms with E-state index in [-0.39, 0.29) is 29.0 Å². The number of hydrogen-bond acceptors (Lipinski definition) is 7. The number of benzene rings is 2. The molecule has 0 spiro atoms. The summed E-state index contributed by atoms with van der Waals surface area (Å²) in [6.45, 7) is 2.10. The molecular weight excluding hydrogens is 438 g/mol. The second kappa shape index (κ2) is 10.8. The predicted octanol–water partition coefficient (Wildman–Crippen LogP) is 3.52. The molecule has 1 aromatic heterocycles. The monoisotopic (exact) mass is 467 g/mol. The topological polar surface area (TPSA) is 107 Å². The standard InChI is InChI=1S/C26H29NO7/c1-16-13-21(29)25(26(31)27(16)12-11-17-5-8-19(28)9-6-17)20(15-24(30)34-4)18-7-10-22(32-2)23(14-18)33-3/h5-10,13-14,20,28-29H,11-12,15H2,1-4H3/t20-/m0/s1. The van der Waals surface area contributed by atoms with Crippen molar-refractivity contribution in [2.45, 2.75) is 32.2 Å². The summed E-state index contributed by atoms with van der Waals surface area (Å²) in [5, 5.41) is 20.3. The molecule has 8 nitrogen and oxygen atoms in total. The maximum absolute atomic E-state index is 13.6. The first-order valence-corrected chi connectivity index (χ1v) is 10.8. The lowest BCUT2D eigenvalue weighted by atomic mass is 9.88. The highest BCUT2D eigenvalue weighted by atomic mass is 16.5. The largest absolute Gasteiger partial charge is 0.508 e. The highest BCUT2D eigenvalue weighted by Crippen LogP contribution is 2.37. The van der Waals surface area contributed by atoms with Gasteiger partial charge >= 0.3 is 5.97 Å². The van der Waals surface area contributed by atoms with E-state index in [9.17, 15) is 19.8 Å². The van der Waals surface area contributed by atoms with Crippen LogP contribution in [-0.4, -0.2) is 42.1 Å². The highest BCUT2D eigenvalue weighted by Gasteiger charge is 2.27. The molecule has 0 bridgehead atoms. The zero-order chi connectivity index (χ0) is 24.8. The van der Waals surface area contributed by atoms with E-state index in [4.69, 9.17) is 14.2 Å². The maximum atomic E-state index is 13.6. The van der Waals surface area contributed by atoms with E-state index in [1.165, 1.54) is 27.4 Å². The molecule has 0 aliphatic heterocycles. The zero-order valence-electron chi connectivity index (χ0n) is 19.7. The Morgan fingerprint density at radius 1 is 0.971 bits per heavy atom. The number of aromatic hydroxyl groups is 2. The number of carbonyl (C=O) groups excluding carboxylic acids is 1. The van der Waals surface area contributed by atoms with Crippen LogP contribution in [-0.2, 0) is 22.5 Å². The molecular formula is C26H29NO7. The van der Waals surface area contributed by atoms with Crippen LogP contribution in [0, 0.1) is 6.92 Å². The number of esters is 1. The SMILES string of the molecule is COC(=O)C[C@@H](c1ccc(OC)c(OC)c1)c1c(O)cc(C)n(CCc2ccc(O)cc2)c1=O. The van der Waals surface area contributed by atoms with Gasteiger partial charge in [-0.1, -0.05) is 18.2 Å². The van der Waals surface area contributed by atoms with Gasteiger partial charge in [0.1, 0.15) is 11.5 Å². The van der Waals surface area contributed by atoms with Crippen molar-refractivity contribution >= 4 is 5.97 Å². The Bertz CT molecular complexity index is 1220. The van der Waals surface area contributed by atoms with Gasteiger partial charge in [0.05, 0.1) is 33.3 Å². The van der Waals surface area contributed by atoms with Gasteiger partial charge in [0.2, 0.25) is 0 Å². The minimum Gasteiger partial charge on any atom is -0.508 e. The van der Waals surface area contributed by atoms with Gasteiger partial charge in [-0.2, -0.15) is 0 Å². The summed E-state index contributed by atoms with van der Waals surface area (Å²) < 4.78 is 17.1. The first-order valence-electron chi connectivity index (χ1n) is 10.8. The van der Waals surface area contributed by atoms with E-state index in [0.717, 1.165) is 5.56 Å². The number of carbonyl (C=O) groups is 1. The van der Waals surface area contributed by atoms with E-state index in [1.807, 2.05) is 0 Å². The fourth-order valence-electron chi connectivity index (χ4n) is 3.98. The number of methoxy groups -OCH3 is 3. The molecule has 3 rings (SSSR count). The molecule has 0 saturated heterocycles. The third-order valence-electron chi connectivity index (χ3n) is 5.84. The molecule has 0 radical (unpaired) electrons. The molecule has 3 aromatic rings. The molecule has 1 atom stereocenters. The molecule has 1 heterocycles. The van der Waals surface area contributed by atoms with Crippen LogP contribution in [0.2, 0.25) is 0 Å². The molecule has 0 unspecified atom stereocenters. The number of hydrogen-bond donors (Lipinski definition) is 2. The highest BCUT2D eigenvalue weighted by molar-refractivity contribution is 5.71. The molecule has 0 amide bonds. The number of rotatable bonds is 9. The number of phenols is 1. The summed E-state index contributed by atoms with van der Waals surface area (Å²) in [6.07, 6.45) is 0.402. The molecule has 0 saturated carbocycles. The molecule has 180 valence electrons. The van der Waals surface area contributed by atoms with Gasteiger partial charge in [-0.05, 0) is 54.8 Å². The van der Waals surface area contributed by atoms with Gasteiger partial charge in [-0.3, -0.25) is 9.59 Å². The fourth-order valence-corrected chi connectivity index (χ4v) is 3.98. The molecule has 0 fully saturated rings. The second-order valence-corrected chi connectivity index (χ2v) is 7.91. The normalized spacial score (nSPS) is 11.6. The van der Waals surface area contributed by atoms with Gasteiger partial charge < -0.3 is 29.0 Å². The lowest BCUT2D eigenvalue weighted by molar-refractivity contribution is -0.140. The summed E-state index contributed by atoms with van der Waals surface area (Å²) >= 11 is 0. The minimum atomic E-state index is -0.764. The Balaban J connectivity index is 2.08. The summed E-state index contributed by atoms with van der Waals surface area (Å²) in [5.74, 6) is -0.358. The van der Waals surface area contributed by atoms with Gasteiger partial charge in [0.25, 0.3) is 5.56 Å². The van der Waals surface area contributed by atoms with Crippen LogP contribution < -0.4 is 15.0 Å². The van der Waals surface area contributed by atoms with Crippen LogP contribution in [0.5, 0.6) is 23.0 Å². The van der Waals surface area contributed by atoms with Crippen LogP contribution in [0.1, 0.15) is 34.7 Å². The summed E-state index contributed by atoms with van der Waals surface area (Å²) in [5.41, 5.74) is 1.86. The van der Waals surface area contributed by atoms with Gasteiger partial charge in [0.15, 0.2) is 11.5 Å². The van der Waals surface area contributed by atoms with Crippen LogP contribution in [0.25, 0.3) is 0 Å². The van der Waals surface area contributed by atoms with Crippen molar-refractivity contribution in [2.24, 2.45) is 0 Å². The van der Waals surface area contributed by atoms with Crippen molar-refractivity contribution in [3.63, 3.8) is 0 Å². The van der Waals surface area contributed by atoms with Crippen molar-refractivity contribution in [3.8, 4) is 23.0 Å². The number of pyridine rings is 1. The molecule has 8 heteroatoms. The van der Waals surface area contributed by atoms with E-state index in [2.05, 4.69) is 0 Å². The third kappa shape index (κ3) is 5.33. The maximum Gasteiger partial charge on any atom is 0.306 e. The number of aryl methyl sites for hydroxylation is 2. The summed E-state index contributed by atoms with van der Waals surface area (Å²) in [6, 6.07) is 13.4. The van der Waals surface area contributed by atoms with Crippen molar-refractivity contribution in [2.75, 3.05) is 21.3 Å². The molecule has 34 heavy (non-hydrogen) atoms. The first-order chi connectivity index (χ1) is 16.3. The summed E-state index contributed by atoms with van der Waals surface area (Å²) in [4.78, 5) is 25.9. The van der Waals surface area contributed by atoms with Crippen molar-refractivity contribution < 1.29 is 29.2 Å². The molecule has 0 aliphatic carbocycles. The number of phenolic OH excluding ortho intramolecular Hbond substituents is 1. The van der Waals surface area contributed by atoms with Crippen LogP contribution >= 0.6 is 0 Å². The second-order valence-electron chi connectivity index (χ2n) is 7.91. The smallest absolute Gasteiger partial charge is 0.306 e. The quantitative estimate of drug-likeness (QED) is 0.464. The predicted molar refractivity (Wildman–Crippen MR) is 127 cm³/mol. The van der Waals surface area contributed by atoms with Gasteiger partial charge in [0, 0.05) is 18.2 Å². The third-order valence-corrected chi connectivity index (χ3v) is 5.84. The Hall–Kier alpha value is -3.94. The van der Waals surface area contributed by atoms with E-state index in [0.29, 0.717) is 35.7 Å². The Morgan fingerprint density at radius 3 is 2.26 bits per heavy atom. The Labute approximate surface area is 198 Å². The molecule has 0 aliphatic rings. The Morgan fingerprint density at radius 2 is 1.65 bits per heavy atom. The number of aromatic nitrogens is 1. The van der Waals surface area contributed by atoms with E-state index in [1.54, 1.807) is 54.0 Å². The average molecular weight is 468 g/mol. The number of nitrogens with zero attached hydrogens (tertiary/aromatic N) is 1. The minimum absolute atomic E-state index is 0.105. The van der Waals surface area contributed by atoms with Crippen LogP contribution in [0.15, 0.2) is 53.3 Å². The van der Waals surface area contributed by atoms with Gasteiger partial charge in [-0.15, -0.1) is 0 Å². The van der Waals surface area contributed by atoms with E-state index < -0.39 is 11.9 Å². The van der Waals surface area contributed by atoms with Crippen molar-refractivity contribution in [1.82, 2.24) is 4.57 Å². The lowest BCUT2D eigenvalue weighted by Gasteiger charge is -2.21. The lowest BCUT2D eigenvalue weighted by Crippen LogP contribution is -2.29. The van der Waals surface area contributed by atoms with E-state index >= 15 is 0 Å². The van der Waals surface area contributed by atoms with Crippen LogP contribution in [0.4, 0.5) is 0 Å². The van der Waals surface area contributed by atoms with Gasteiger partial charge in [-0.25, -0.2) is 0 Å². The van der Waals surface area contributed by atoms with Crippen molar-refractivity contribution in [1.29, 1.82) is 0 Å². The fraction of sp³-hybridized carbons (Fsp3) is 0.308.